The summed E-state index contributed by atoms with van der Waals surface area (Å²) in [6.45, 7) is 2.76. The van der Waals surface area contributed by atoms with E-state index in [-0.39, 0.29) is 22.8 Å². The average molecular weight is 760 g/mol. The number of alkyl halides is 10. The zero-order valence-corrected chi connectivity index (χ0v) is 26.2. The first-order chi connectivity index (χ1) is 21.7. The molecule has 0 saturated heterocycles. The van der Waals surface area contributed by atoms with E-state index >= 15 is 0 Å². The smallest absolute Gasteiger partial charge is 0.427 e. The number of hydrogen-bond donors (Lipinski definition) is 0. The van der Waals surface area contributed by atoms with Gasteiger partial charge >= 0.3 is 34.8 Å². The van der Waals surface area contributed by atoms with Crippen LogP contribution in [0, 0.1) is 0 Å². The van der Waals surface area contributed by atoms with Crippen LogP contribution in [-0.2, 0) is 40.5 Å². The van der Waals surface area contributed by atoms with Gasteiger partial charge in [0, 0.05) is 13.8 Å². The molecule has 0 aliphatic rings. The molecule has 0 aliphatic heterocycles. The fraction of sp³-hybridized carbons (Fsp3) is 0.231. The number of ether oxygens (including phenoxy) is 2. The molecule has 0 aromatic heterocycles. The highest BCUT2D eigenvalue weighted by Gasteiger charge is 2.68. The number of esters is 2. The van der Waals surface area contributed by atoms with Crippen LogP contribution in [0.5, 0.6) is 11.5 Å². The summed E-state index contributed by atoms with van der Waals surface area (Å²) >= 11 is 0. The van der Waals surface area contributed by atoms with E-state index in [9.17, 15) is 70.3 Å². The molecule has 0 heterocycles. The molecule has 0 fully saturated rings. The number of hydrogen-bond acceptors (Lipinski definition) is 8. The molecule has 0 radical (unpaired) electrons. The van der Waals surface area contributed by atoms with E-state index in [4.69, 9.17) is 9.47 Å². The Labute approximate surface area is 268 Å². The molecule has 0 saturated carbocycles. The van der Waals surface area contributed by atoms with Crippen molar-refractivity contribution in [1.82, 2.24) is 0 Å². The second-order valence-electron chi connectivity index (χ2n) is 8.80. The fourth-order valence-electron chi connectivity index (χ4n) is 3.10. The Morgan fingerprint density at radius 1 is 0.542 bits per heavy atom. The minimum Gasteiger partial charge on any atom is -0.427 e. The van der Waals surface area contributed by atoms with E-state index in [0.717, 1.165) is 14.7 Å². The molecule has 0 spiro atoms. The van der Waals surface area contributed by atoms with Gasteiger partial charge in [0.25, 0.3) is 0 Å². The van der Waals surface area contributed by atoms with Gasteiger partial charge in [-0.15, -0.1) is 0 Å². The second kappa shape index (κ2) is 14.7. The highest BCUT2D eigenvalue weighted by Crippen LogP contribution is 2.48. The van der Waals surface area contributed by atoms with Crippen molar-refractivity contribution >= 4 is 42.9 Å². The number of nitrogens with zero attached hydrogens (tertiary/aromatic N) is 1. The molecule has 0 aliphatic carbocycles. The van der Waals surface area contributed by atoms with Crippen molar-refractivity contribution in [3.63, 3.8) is 0 Å². The fourth-order valence-corrected chi connectivity index (χ4v) is 7.53. The van der Waals surface area contributed by atoms with E-state index in [1.807, 2.05) is 42.5 Å². The van der Waals surface area contributed by atoms with E-state index < -0.39 is 42.9 Å². The van der Waals surface area contributed by atoms with E-state index in [2.05, 4.69) is 12.1 Å². The summed E-state index contributed by atoms with van der Waals surface area (Å²) in [4.78, 5) is 25.6. The van der Waals surface area contributed by atoms with E-state index in [0.29, 0.717) is 15.6 Å². The number of carbonyl (C=O) groups is 2. The van der Waals surface area contributed by atoms with Crippen LogP contribution in [0.2, 0.25) is 0 Å². The van der Waals surface area contributed by atoms with E-state index in [1.165, 1.54) is 13.8 Å². The van der Waals surface area contributed by atoms with Crippen LogP contribution >= 0.6 is 0 Å². The Balaban J connectivity index is 0.000000347. The first kappa shape index (κ1) is 40.3. The summed E-state index contributed by atoms with van der Waals surface area (Å²) in [5.41, 5.74) is 0. The normalized spacial score (nSPS) is 12.9. The van der Waals surface area contributed by atoms with Crippen molar-refractivity contribution in [3.05, 3.63) is 83.0 Å². The maximum absolute atomic E-state index is 12.3. The van der Waals surface area contributed by atoms with Gasteiger partial charge in [-0.3, -0.25) is 9.59 Å². The zero-order chi connectivity index (χ0) is 36.9. The number of sulfonamides is 2. The van der Waals surface area contributed by atoms with Crippen molar-refractivity contribution in [1.29, 1.82) is 0 Å². The number of carbonyl (C=O) groups excluding carboxylic acids is 2. The van der Waals surface area contributed by atoms with Gasteiger partial charge in [0.1, 0.15) is 11.5 Å². The summed E-state index contributed by atoms with van der Waals surface area (Å²) in [5, 5.41) is -14.0. The van der Waals surface area contributed by atoms with Crippen molar-refractivity contribution < 1.29 is 79.8 Å². The quantitative estimate of drug-likeness (QED) is 0.0990. The third-order valence-corrected chi connectivity index (χ3v) is 10.7. The molecule has 0 amide bonds. The highest BCUT2D eigenvalue weighted by atomic mass is 32.3. The predicted octanol–water partition coefficient (Wildman–Crippen LogP) is 6.96. The summed E-state index contributed by atoms with van der Waals surface area (Å²) in [6.07, 6.45) is -14.0. The standard InChI is InChI=1S/C22H19O4S.C4F10NO4S2/c1-16(23)25-18-8-12-21(13-9-18)27(20-6-4-3-5-7-20)22-14-10-19(11-15-22)26-17(2)24;5-1(6,7)3(11,12)20(16,17)15-21(18,19)4(13,14)2(8,9)10/h3-15H,1-2H3;/q+1;-1. The molecule has 3 rings (SSSR count). The second-order valence-corrected chi connectivity index (χ2v) is 14.4. The zero-order valence-electron chi connectivity index (χ0n) is 23.7. The first-order valence-electron chi connectivity index (χ1n) is 12.2. The van der Waals surface area contributed by atoms with Gasteiger partial charge < -0.3 is 13.6 Å². The highest BCUT2D eigenvalue weighted by molar-refractivity contribution is 8.13. The van der Waals surface area contributed by atoms with Gasteiger partial charge in [0.15, 0.2) is 34.7 Å². The molecule has 3 aromatic rings. The number of benzene rings is 3. The Morgan fingerprint density at radius 3 is 1.10 bits per heavy atom. The van der Waals surface area contributed by atoms with Crippen LogP contribution in [0.3, 0.4) is 0 Å². The van der Waals surface area contributed by atoms with Crippen LogP contribution in [0.1, 0.15) is 13.8 Å². The van der Waals surface area contributed by atoms with Crippen molar-refractivity contribution in [2.45, 2.75) is 51.4 Å². The molecule has 264 valence electrons. The van der Waals surface area contributed by atoms with Crippen molar-refractivity contribution in [2.24, 2.45) is 0 Å². The van der Waals surface area contributed by atoms with Crippen LogP contribution in [0.4, 0.5) is 43.9 Å². The summed E-state index contributed by atoms with van der Waals surface area (Å²) < 4.78 is 171. The molecule has 3 aromatic carbocycles. The summed E-state index contributed by atoms with van der Waals surface area (Å²) in [6, 6.07) is 25.2. The summed E-state index contributed by atoms with van der Waals surface area (Å²) in [7, 11) is -15.6. The van der Waals surface area contributed by atoms with Crippen LogP contribution < -0.4 is 9.47 Å². The molecular formula is C26H19F10NO8S3. The minimum absolute atomic E-state index is 0.338. The van der Waals surface area contributed by atoms with Crippen LogP contribution in [0.15, 0.2) is 93.5 Å². The largest absolute Gasteiger partial charge is 0.467 e. The topological polar surface area (TPSA) is 135 Å². The lowest BCUT2D eigenvalue weighted by Gasteiger charge is -2.31. The molecular weight excluding hydrogens is 740 g/mol. The van der Waals surface area contributed by atoms with Crippen molar-refractivity contribution in [2.75, 3.05) is 0 Å². The van der Waals surface area contributed by atoms with Crippen molar-refractivity contribution in [3.8, 4) is 11.5 Å². The molecule has 0 atom stereocenters. The van der Waals surface area contributed by atoms with Gasteiger partial charge in [-0.1, -0.05) is 18.2 Å². The maximum Gasteiger partial charge on any atom is 0.467 e. The SMILES string of the molecule is CC(=O)Oc1ccc([S+](c2ccccc2)c2ccc(OC(C)=O)cc2)cc1.O=S(=O)([N-]S(=O)(=O)C(F)(F)C(F)(F)F)C(F)(F)C(F)(F)F. The van der Waals surface area contributed by atoms with Gasteiger partial charge in [-0.25, -0.2) is 16.8 Å². The lowest BCUT2D eigenvalue weighted by atomic mass is 10.3. The lowest BCUT2D eigenvalue weighted by Crippen LogP contribution is -2.48. The number of halogens is 10. The first-order valence-corrected chi connectivity index (χ1v) is 16.3. The molecule has 0 bridgehead atoms. The molecule has 0 unspecified atom stereocenters. The maximum atomic E-state index is 12.3. The van der Waals surface area contributed by atoms with Gasteiger partial charge in [0.2, 0.25) is 0 Å². The Bertz CT molecular complexity index is 1690. The molecule has 22 heteroatoms. The van der Waals surface area contributed by atoms with Gasteiger partial charge in [-0.2, -0.15) is 43.9 Å². The Kier molecular flexibility index (Phi) is 12.3. The number of rotatable bonds is 9. The Morgan fingerprint density at radius 2 is 0.833 bits per heavy atom. The predicted molar refractivity (Wildman–Crippen MR) is 147 cm³/mol. The molecule has 0 N–H and O–H groups in total. The third-order valence-electron chi connectivity index (χ3n) is 5.13. The Hall–Kier alpha value is -3.89. The van der Waals surface area contributed by atoms with Gasteiger partial charge in [0.05, 0.1) is 10.9 Å². The van der Waals surface area contributed by atoms with Crippen LogP contribution in [-0.4, -0.2) is 51.6 Å². The van der Waals surface area contributed by atoms with Crippen LogP contribution in [0.25, 0.3) is 4.13 Å². The van der Waals surface area contributed by atoms with E-state index in [1.54, 1.807) is 24.3 Å². The lowest BCUT2D eigenvalue weighted by molar-refractivity contribution is -0.241. The third kappa shape index (κ3) is 9.60. The minimum atomic E-state index is -7.62. The van der Waals surface area contributed by atoms with Gasteiger partial charge in [-0.05, 0) is 60.7 Å². The average Bonchev–Trinajstić information content (AvgIpc) is 2.93. The monoisotopic (exact) mass is 759 g/mol. The molecule has 9 nitrogen and oxygen atoms in total. The molecule has 48 heavy (non-hydrogen) atoms. The summed E-state index contributed by atoms with van der Waals surface area (Å²) in [5.74, 6) is 0.359.